The Morgan fingerprint density at radius 3 is 3.08 bits per heavy atom. The van der Waals surface area contributed by atoms with Gasteiger partial charge in [0.25, 0.3) is 0 Å². The smallest absolute Gasteiger partial charge is 0.147 e. The Balaban J connectivity index is 2.33. The molecule has 4 heteroatoms. The van der Waals surface area contributed by atoms with Crippen molar-refractivity contribution in [1.82, 2.24) is 4.90 Å². The first-order chi connectivity index (χ1) is 6.38. The Morgan fingerprint density at radius 2 is 2.38 bits per heavy atom. The Morgan fingerprint density at radius 1 is 1.54 bits per heavy atom. The summed E-state index contributed by atoms with van der Waals surface area (Å²) in [6, 6.07) is 2.13. The van der Waals surface area contributed by atoms with Crippen LogP contribution in [0.5, 0.6) is 0 Å². The van der Waals surface area contributed by atoms with E-state index in [-0.39, 0.29) is 6.23 Å². The number of nitriles is 1. The predicted molar refractivity (Wildman–Crippen MR) is 47.5 cm³/mol. The van der Waals surface area contributed by atoms with Crippen molar-refractivity contribution in [3.8, 4) is 6.07 Å². The van der Waals surface area contributed by atoms with Gasteiger partial charge < -0.3 is 0 Å². The minimum absolute atomic E-state index is 0.0200. The average molecular weight is 184 g/mol. The van der Waals surface area contributed by atoms with Gasteiger partial charge in [-0.3, -0.25) is 4.90 Å². The zero-order valence-electron chi connectivity index (χ0n) is 8.03. The van der Waals surface area contributed by atoms with Crippen LogP contribution in [0.4, 0.5) is 0 Å². The first kappa shape index (κ1) is 10.5. The number of likely N-dealkylation sites (tertiary alicyclic amines) is 1. The number of rotatable bonds is 4. The minimum Gasteiger partial charge on any atom is -0.262 e. The van der Waals surface area contributed by atoms with Crippen molar-refractivity contribution >= 4 is 0 Å². The highest BCUT2D eigenvalue weighted by Crippen LogP contribution is 2.17. The van der Waals surface area contributed by atoms with Crippen molar-refractivity contribution in [3.05, 3.63) is 0 Å². The second kappa shape index (κ2) is 5.92. The molecule has 0 bridgehead atoms. The monoisotopic (exact) mass is 184 g/mol. The Hall–Kier alpha value is -0.630. The lowest BCUT2D eigenvalue weighted by Crippen LogP contribution is -2.41. The molecule has 0 radical (unpaired) electrons. The van der Waals surface area contributed by atoms with Gasteiger partial charge in [0.05, 0.1) is 19.2 Å². The molecule has 1 aliphatic rings. The highest BCUT2D eigenvalue weighted by atomic mass is 17.2. The maximum atomic E-state index is 8.57. The van der Waals surface area contributed by atoms with E-state index in [1.54, 1.807) is 0 Å². The van der Waals surface area contributed by atoms with Crippen molar-refractivity contribution < 1.29 is 9.78 Å². The molecule has 0 aromatic heterocycles. The molecule has 1 unspecified atom stereocenters. The molecule has 1 atom stereocenters. The van der Waals surface area contributed by atoms with Gasteiger partial charge in [-0.05, 0) is 26.2 Å². The van der Waals surface area contributed by atoms with Crippen LogP contribution in [0.25, 0.3) is 0 Å². The maximum absolute atomic E-state index is 8.57. The molecule has 0 aromatic rings. The summed E-state index contributed by atoms with van der Waals surface area (Å²) in [6.45, 7) is 3.80. The highest BCUT2D eigenvalue weighted by Gasteiger charge is 2.23. The van der Waals surface area contributed by atoms with Gasteiger partial charge in [-0.2, -0.15) is 5.26 Å². The molecule has 0 amide bonds. The third kappa shape index (κ3) is 3.31. The van der Waals surface area contributed by atoms with E-state index < -0.39 is 0 Å². The lowest BCUT2D eigenvalue weighted by molar-refractivity contribution is -0.352. The molecule has 1 aliphatic heterocycles. The van der Waals surface area contributed by atoms with Crippen LogP contribution in [0.15, 0.2) is 0 Å². The standard InChI is InChI=1S/C9H16N2O2/c1-2-12-13-9-5-3-4-7-11(9)8-6-10/h9H,2-5,7-8H2,1H3. The molecule has 13 heavy (non-hydrogen) atoms. The summed E-state index contributed by atoms with van der Waals surface area (Å²) >= 11 is 0. The van der Waals surface area contributed by atoms with Crippen LogP contribution in [0, 0.1) is 11.3 Å². The number of hydrogen-bond acceptors (Lipinski definition) is 4. The zero-order valence-corrected chi connectivity index (χ0v) is 8.03. The van der Waals surface area contributed by atoms with Crippen molar-refractivity contribution in [2.45, 2.75) is 32.4 Å². The quantitative estimate of drug-likeness (QED) is 0.375. The molecule has 1 rings (SSSR count). The van der Waals surface area contributed by atoms with E-state index in [2.05, 4.69) is 6.07 Å². The van der Waals surface area contributed by atoms with Gasteiger partial charge >= 0.3 is 0 Å². The van der Waals surface area contributed by atoms with Gasteiger partial charge in [0.15, 0.2) is 0 Å². The first-order valence-corrected chi connectivity index (χ1v) is 4.77. The predicted octanol–water partition coefficient (Wildman–Crippen LogP) is 1.29. The van der Waals surface area contributed by atoms with Crippen LogP contribution in [0.1, 0.15) is 26.2 Å². The molecule has 0 aromatic carbocycles. The molecular formula is C9H16N2O2. The molecule has 1 saturated heterocycles. The fourth-order valence-electron chi connectivity index (χ4n) is 1.49. The second-order valence-electron chi connectivity index (χ2n) is 3.08. The summed E-state index contributed by atoms with van der Waals surface area (Å²) < 4.78 is 0. The van der Waals surface area contributed by atoms with Gasteiger partial charge in [-0.15, -0.1) is 0 Å². The number of hydrogen-bond donors (Lipinski definition) is 0. The van der Waals surface area contributed by atoms with E-state index in [4.69, 9.17) is 15.0 Å². The molecule has 74 valence electrons. The molecule has 4 nitrogen and oxygen atoms in total. The average Bonchev–Trinajstić information content (AvgIpc) is 2.17. The summed E-state index contributed by atoms with van der Waals surface area (Å²) in [7, 11) is 0. The van der Waals surface area contributed by atoms with Crippen LogP contribution in [-0.2, 0) is 9.78 Å². The number of nitrogens with zero attached hydrogens (tertiary/aromatic N) is 2. The Labute approximate surface area is 79.0 Å². The maximum Gasteiger partial charge on any atom is 0.147 e. The van der Waals surface area contributed by atoms with Gasteiger partial charge in [-0.25, -0.2) is 9.78 Å². The van der Waals surface area contributed by atoms with Crippen molar-refractivity contribution in [3.63, 3.8) is 0 Å². The van der Waals surface area contributed by atoms with Crippen LogP contribution in [0.3, 0.4) is 0 Å². The van der Waals surface area contributed by atoms with E-state index in [9.17, 15) is 0 Å². The minimum atomic E-state index is -0.0200. The van der Waals surface area contributed by atoms with Crippen LogP contribution in [-0.4, -0.2) is 30.8 Å². The third-order valence-electron chi connectivity index (χ3n) is 2.12. The Kier molecular flexibility index (Phi) is 4.76. The van der Waals surface area contributed by atoms with Crippen molar-refractivity contribution in [2.24, 2.45) is 0 Å². The summed E-state index contributed by atoms with van der Waals surface area (Å²) in [5.74, 6) is 0. The molecular weight excluding hydrogens is 168 g/mol. The van der Waals surface area contributed by atoms with Gasteiger partial charge in [0, 0.05) is 6.54 Å². The van der Waals surface area contributed by atoms with E-state index in [0.29, 0.717) is 13.2 Å². The first-order valence-electron chi connectivity index (χ1n) is 4.77. The van der Waals surface area contributed by atoms with Crippen LogP contribution >= 0.6 is 0 Å². The van der Waals surface area contributed by atoms with Crippen LogP contribution < -0.4 is 0 Å². The third-order valence-corrected chi connectivity index (χ3v) is 2.12. The molecule has 0 aliphatic carbocycles. The van der Waals surface area contributed by atoms with E-state index in [1.807, 2.05) is 11.8 Å². The topological polar surface area (TPSA) is 45.5 Å². The van der Waals surface area contributed by atoms with Crippen LogP contribution in [0.2, 0.25) is 0 Å². The number of piperidine rings is 1. The zero-order chi connectivity index (χ0) is 9.52. The fraction of sp³-hybridized carbons (Fsp3) is 0.889. The second-order valence-corrected chi connectivity index (χ2v) is 3.08. The van der Waals surface area contributed by atoms with Gasteiger partial charge in [-0.1, -0.05) is 0 Å². The summed E-state index contributed by atoms with van der Waals surface area (Å²) in [4.78, 5) is 12.1. The SMILES string of the molecule is CCOOC1CCCCN1CC#N. The van der Waals surface area contributed by atoms with Gasteiger partial charge in [0.1, 0.15) is 6.23 Å². The van der Waals surface area contributed by atoms with Crippen molar-refractivity contribution in [1.29, 1.82) is 5.26 Å². The molecule has 1 fully saturated rings. The van der Waals surface area contributed by atoms with E-state index in [1.165, 1.54) is 0 Å². The molecule has 0 saturated carbocycles. The lowest BCUT2D eigenvalue weighted by Gasteiger charge is -2.32. The summed E-state index contributed by atoms with van der Waals surface area (Å²) in [5, 5.41) is 8.57. The van der Waals surface area contributed by atoms with Gasteiger partial charge in [0.2, 0.25) is 0 Å². The highest BCUT2D eigenvalue weighted by molar-refractivity contribution is 4.80. The molecule has 0 spiro atoms. The Bertz CT molecular complexity index is 179. The van der Waals surface area contributed by atoms with Crippen molar-refractivity contribution in [2.75, 3.05) is 19.7 Å². The molecule has 1 heterocycles. The summed E-state index contributed by atoms with van der Waals surface area (Å²) in [6.07, 6.45) is 3.24. The van der Waals surface area contributed by atoms with E-state index >= 15 is 0 Å². The fourth-order valence-corrected chi connectivity index (χ4v) is 1.49. The molecule has 0 N–H and O–H groups in total. The lowest BCUT2D eigenvalue weighted by atomic mass is 10.1. The largest absolute Gasteiger partial charge is 0.262 e. The van der Waals surface area contributed by atoms with E-state index in [0.717, 1.165) is 25.8 Å². The normalized spacial score (nSPS) is 24.2. The summed E-state index contributed by atoms with van der Waals surface area (Å²) in [5.41, 5.74) is 0.